The molecule has 2 heteroatoms. The molecule has 0 amide bonds. The third-order valence-electron chi connectivity index (χ3n) is 9.94. The summed E-state index contributed by atoms with van der Waals surface area (Å²) < 4.78 is 0. The Morgan fingerprint density at radius 1 is 0.375 bits per heavy atom. The highest BCUT2D eigenvalue weighted by Crippen LogP contribution is 2.49. The van der Waals surface area contributed by atoms with Crippen LogP contribution in [0.15, 0.2) is 176 Å². The molecule has 1 aliphatic heterocycles. The molecule has 0 spiro atoms. The molecule has 0 aromatic heterocycles. The topological polar surface area (TPSA) is 15.3 Å². The summed E-state index contributed by atoms with van der Waals surface area (Å²) in [5, 5.41) is 13.7. The molecule has 1 aliphatic rings. The van der Waals surface area contributed by atoms with Crippen LogP contribution in [0.25, 0.3) is 65.3 Å². The van der Waals surface area contributed by atoms with Crippen molar-refractivity contribution < 1.29 is 0 Å². The summed E-state index contributed by atoms with van der Waals surface area (Å²) in [5.41, 5.74) is 10.7. The van der Waals surface area contributed by atoms with E-state index < -0.39 is 0 Å². The summed E-state index contributed by atoms with van der Waals surface area (Å²) in [6, 6.07) is 64.0. The zero-order valence-corrected chi connectivity index (χ0v) is 26.2. The van der Waals surface area contributed by atoms with Crippen LogP contribution in [-0.2, 0) is 0 Å². The molecule has 1 heterocycles. The Balaban J connectivity index is 1.13. The van der Waals surface area contributed by atoms with Crippen molar-refractivity contribution in [3.05, 3.63) is 176 Å². The van der Waals surface area contributed by atoms with Gasteiger partial charge in [0.2, 0.25) is 0 Å². The monoisotopic (exact) mass is 610 g/mol. The number of fused-ring (bicyclic) bond motifs is 6. The molecule has 1 N–H and O–H groups in total. The van der Waals surface area contributed by atoms with E-state index in [0.717, 1.165) is 28.4 Å². The minimum Gasteiger partial charge on any atom is -0.354 e. The normalized spacial score (nSPS) is 11.9. The van der Waals surface area contributed by atoms with E-state index in [2.05, 4.69) is 186 Å². The van der Waals surface area contributed by atoms with Gasteiger partial charge in [0.15, 0.2) is 0 Å². The summed E-state index contributed by atoms with van der Waals surface area (Å²) in [7, 11) is 0. The molecule has 0 bridgehead atoms. The second kappa shape index (κ2) is 10.6. The summed E-state index contributed by atoms with van der Waals surface area (Å²) in [6.07, 6.45) is 0. The second-order valence-electron chi connectivity index (χ2n) is 12.6. The van der Waals surface area contributed by atoms with Crippen LogP contribution in [0.3, 0.4) is 0 Å². The maximum Gasteiger partial charge on any atom is 0.0540 e. The zero-order chi connectivity index (χ0) is 31.6. The predicted octanol–water partition coefficient (Wildman–Crippen LogP) is 13.2. The zero-order valence-electron chi connectivity index (χ0n) is 26.2. The number of nitrogens with zero attached hydrogens (tertiary/aromatic N) is 1. The number of hydrogen-bond acceptors (Lipinski definition) is 2. The van der Waals surface area contributed by atoms with Crippen molar-refractivity contribution in [2.75, 3.05) is 10.2 Å². The Morgan fingerprint density at radius 2 is 1.00 bits per heavy atom. The summed E-state index contributed by atoms with van der Waals surface area (Å²) >= 11 is 0. The van der Waals surface area contributed by atoms with Gasteiger partial charge in [-0.2, -0.15) is 0 Å². The van der Waals surface area contributed by atoms with Crippen molar-refractivity contribution in [3.8, 4) is 22.3 Å². The first-order valence-electron chi connectivity index (χ1n) is 16.5. The smallest absolute Gasteiger partial charge is 0.0540 e. The van der Waals surface area contributed by atoms with Gasteiger partial charge in [-0.25, -0.2) is 0 Å². The molecule has 0 fully saturated rings. The van der Waals surface area contributed by atoms with Gasteiger partial charge in [-0.3, -0.25) is 0 Å². The van der Waals surface area contributed by atoms with Gasteiger partial charge in [0.05, 0.1) is 5.69 Å². The van der Waals surface area contributed by atoms with E-state index in [9.17, 15) is 0 Å². The van der Waals surface area contributed by atoms with Crippen molar-refractivity contribution in [1.29, 1.82) is 0 Å². The molecule has 224 valence electrons. The second-order valence-corrected chi connectivity index (χ2v) is 12.6. The first kappa shape index (κ1) is 26.8. The van der Waals surface area contributed by atoms with Gasteiger partial charge in [0, 0.05) is 39.1 Å². The van der Waals surface area contributed by atoms with Crippen LogP contribution in [0, 0.1) is 0 Å². The van der Waals surface area contributed by atoms with Crippen molar-refractivity contribution in [2.24, 2.45) is 0 Å². The van der Waals surface area contributed by atoms with Crippen LogP contribution < -0.4 is 10.2 Å². The van der Waals surface area contributed by atoms with Crippen LogP contribution >= 0.6 is 0 Å². The van der Waals surface area contributed by atoms with Crippen LogP contribution in [0.2, 0.25) is 0 Å². The van der Waals surface area contributed by atoms with E-state index >= 15 is 0 Å². The molecule has 0 saturated heterocycles. The minimum atomic E-state index is 1.12. The number of rotatable bonds is 4. The van der Waals surface area contributed by atoms with Gasteiger partial charge in [0.1, 0.15) is 0 Å². The molecular formula is C46H30N2. The first-order valence-corrected chi connectivity index (χ1v) is 16.5. The fourth-order valence-corrected chi connectivity index (χ4v) is 7.72. The Hall–Kier alpha value is -6.38. The molecule has 9 aromatic carbocycles. The van der Waals surface area contributed by atoms with Crippen LogP contribution in [-0.4, -0.2) is 0 Å². The first-order chi connectivity index (χ1) is 23.8. The molecule has 0 unspecified atom stereocenters. The van der Waals surface area contributed by atoms with Gasteiger partial charge in [0.25, 0.3) is 0 Å². The fraction of sp³-hybridized carbons (Fsp3) is 0. The molecule has 48 heavy (non-hydrogen) atoms. The standard InChI is InChI=1S/C46H30N2/c1-2-12-34-29-36(25-19-30(34)9-1)48(44-18-7-13-31-10-3-5-14-38(31)44)35-23-20-33(21-24-35)37-26-28-43-46-40(37)16-8-17-41(46)45-39-15-6-4-11-32(39)22-27-42(45)47-43/h1-29,47H. The highest BCUT2D eigenvalue weighted by Gasteiger charge is 2.22. The predicted molar refractivity (Wildman–Crippen MR) is 205 cm³/mol. The van der Waals surface area contributed by atoms with Crippen molar-refractivity contribution >= 4 is 71.5 Å². The van der Waals surface area contributed by atoms with Crippen molar-refractivity contribution in [1.82, 2.24) is 0 Å². The number of benzene rings is 9. The molecule has 0 saturated carbocycles. The molecule has 2 nitrogen and oxygen atoms in total. The lowest BCUT2D eigenvalue weighted by molar-refractivity contribution is 1.30. The van der Waals surface area contributed by atoms with E-state index in [-0.39, 0.29) is 0 Å². The van der Waals surface area contributed by atoms with Gasteiger partial charge >= 0.3 is 0 Å². The van der Waals surface area contributed by atoms with Crippen LogP contribution in [0.1, 0.15) is 0 Å². The third kappa shape index (κ3) is 4.13. The Morgan fingerprint density at radius 3 is 1.85 bits per heavy atom. The summed E-state index contributed by atoms with van der Waals surface area (Å²) in [5.74, 6) is 0. The largest absolute Gasteiger partial charge is 0.354 e. The maximum absolute atomic E-state index is 3.76. The van der Waals surface area contributed by atoms with Gasteiger partial charge in [-0.05, 0) is 91.5 Å². The Kier molecular flexibility index (Phi) is 5.91. The minimum absolute atomic E-state index is 1.12. The van der Waals surface area contributed by atoms with E-state index in [1.165, 1.54) is 65.3 Å². The highest BCUT2D eigenvalue weighted by atomic mass is 15.1. The Bertz CT molecular complexity index is 2700. The third-order valence-corrected chi connectivity index (χ3v) is 9.94. The average molecular weight is 611 g/mol. The SMILES string of the molecule is c1ccc2cc(N(c3ccc(-c4ccc5c6c(cccc46)-c4c(ccc6ccccc46)N5)cc3)c3cccc4ccccc34)ccc2c1. The van der Waals surface area contributed by atoms with Crippen molar-refractivity contribution in [2.45, 2.75) is 0 Å². The lowest BCUT2D eigenvalue weighted by Gasteiger charge is -2.27. The van der Waals surface area contributed by atoms with E-state index in [1.807, 2.05) is 0 Å². The summed E-state index contributed by atoms with van der Waals surface area (Å²) in [6.45, 7) is 0. The molecular weight excluding hydrogens is 581 g/mol. The maximum atomic E-state index is 3.76. The highest BCUT2D eigenvalue weighted by molar-refractivity contribution is 6.19. The van der Waals surface area contributed by atoms with Gasteiger partial charge in [-0.1, -0.05) is 133 Å². The lowest BCUT2D eigenvalue weighted by Crippen LogP contribution is -2.10. The molecule has 10 rings (SSSR count). The quantitative estimate of drug-likeness (QED) is 0.213. The van der Waals surface area contributed by atoms with Crippen LogP contribution in [0.4, 0.5) is 28.4 Å². The Labute approximate surface area is 279 Å². The fourth-order valence-electron chi connectivity index (χ4n) is 7.72. The summed E-state index contributed by atoms with van der Waals surface area (Å²) in [4.78, 5) is 2.39. The van der Waals surface area contributed by atoms with Crippen molar-refractivity contribution in [3.63, 3.8) is 0 Å². The number of hydrogen-bond donors (Lipinski definition) is 1. The molecule has 0 radical (unpaired) electrons. The average Bonchev–Trinajstić information content (AvgIpc) is 3.15. The van der Waals surface area contributed by atoms with Crippen LogP contribution in [0.5, 0.6) is 0 Å². The van der Waals surface area contributed by atoms with Gasteiger partial charge < -0.3 is 10.2 Å². The van der Waals surface area contributed by atoms with Gasteiger partial charge in [-0.15, -0.1) is 0 Å². The molecule has 0 atom stereocenters. The van der Waals surface area contributed by atoms with E-state index in [1.54, 1.807) is 0 Å². The number of nitrogens with one attached hydrogen (secondary N) is 1. The molecule has 9 aromatic rings. The van der Waals surface area contributed by atoms with E-state index in [4.69, 9.17) is 0 Å². The number of anilines is 5. The van der Waals surface area contributed by atoms with E-state index in [0.29, 0.717) is 0 Å². The molecule has 0 aliphatic carbocycles. The lowest BCUT2D eigenvalue weighted by atomic mass is 9.86.